The molecule has 0 unspecified atom stereocenters. The lowest BCUT2D eigenvalue weighted by Crippen LogP contribution is -2.39. The summed E-state index contributed by atoms with van der Waals surface area (Å²) >= 11 is 0. The summed E-state index contributed by atoms with van der Waals surface area (Å²) in [5.74, 6) is 1.59. The molecule has 4 heteroatoms. The molecule has 1 aliphatic rings. The fourth-order valence-corrected chi connectivity index (χ4v) is 3.73. The minimum atomic E-state index is 0.147. The molecule has 1 saturated heterocycles. The van der Waals surface area contributed by atoms with Crippen LogP contribution in [0.5, 0.6) is 0 Å². The highest BCUT2D eigenvalue weighted by Crippen LogP contribution is 2.28. The van der Waals surface area contributed by atoms with Crippen molar-refractivity contribution in [3.63, 3.8) is 0 Å². The summed E-state index contributed by atoms with van der Waals surface area (Å²) in [6, 6.07) is 6.49. The number of carbonyl (C=O) groups excluding carboxylic acids is 1. The first kappa shape index (κ1) is 16.7. The Morgan fingerprint density at radius 2 is 1.92 bits per heavy atom. The molecule has 1 atom stereocenters. The Bertz CT molecular complexity index is 712. The lowest BCUT2D eigenvalue weighted by atomic mass is 9.96. The normalized spacial score (nSPS) is 18.2. The predicted octanol–water partition coefficient (Wildman–Crippen LogP) is 4.10. The minimum Gasteiger partial charge on any atom is -0.338 e. The molecule has 24 heavy (non-hydrogen) atoms. The number of amides is 1. The van der Waals surface area contributed by atoms with Crippen molar-refractivity contribution >= 4 is 5.91 Å². The molecule has 2 aromatic rings. The molecule has 0 saturated carbocycles. The van der Waals surface area contributed by atoms with E-state index in [1.54, 1.807) is 0 Å². The number of benzene rings is 1. The number of aryl methyl sites for hydroxylation is 2. The number of carbonyl (C=O) groups is 1. The number of aromatic nitrogens is 2. The fraction of sp³-hybridized carbons (Fsp3) is 0.500. The van der Waals surface area contributed by atoms with Gasteiger partial charge in [0.15, 0.2) is 0 Å². The maximum Gasteiger partial charge on any atom is 0.253 e. The molecule has 3 rings (SSSR count). The topological polar surface area (TPSA) is 38.1 Å². The van der Waals surface area contributed by atoms with Crippen molar-refractivity contribution in [1.82, 2.24) is 14.5 Å². The van der Waals surface area contributed by atoms with E-state index in [-0.39, 0.29) is 5.91 Å². The van der Waals surface area contributed by atoms with Crippen molar-refractivity contribution in [3.8, 4) is 0 Å². The number of hydrogen-bond donors (Lipinski definition) is 0. The van der Waals surface area contributed by atoms with E-state index in [1.165, 1.54) is 0 Å². The molecule has 0 aliphatic carbocycles. The summed E-state index contributed by atoms with van der Waals surface area (Å²) in [6.45, 7) is 10.0. The van der Waals surface area contributed by atoms with Crippen molar-refractivity contribution in [2.24, 2.45) is 0 Å². The molecule has 1 aromatic heterocycles. The van der Waals surface area contributed by atoms with Crippen LogP contribution in [-0.4, -0.2) is 33.4 Å². The highest BCUT2D eigenvalue weighted by Gasteiger charge is 2.28. The zero-order chi connectivity index (χ0) is 17.3. The first-order chi connectivity index (χ1) is 11.5. The van der Waals surface area contributed by atoms with E-state index in [1.807, 2.05) is 43.3 Å². The van der Waals surface area contributed by atoms with Gasteiger partial charge in [0.25, 0.3) is 5.91 Å². The van der Waals surface area contributed by atoms with Gasteiger partial charge >= 0.3 is 0 Å². The molecule has 0 radical (unpaired) electrons. The highest BCUT2D eigenvalue weighted by atomic mass is 16.2. The average Bonchev–Trinajstić information content (AvgIpc) is 3.03. The summed E-state index contributed by atoms with van der Waals surface area (Å²) in [5.41, 5.74) is 3.09. The first-order valence-corrected chi connectivity index (χ1v) is 8.86. The van der Waals surface area contributed by atoms with Crippen LogP contribution < -0.4 is 0 Å². The number of hydrogen-bond acceptors (Lipinski definition) is 2. The van der Waals surface area contributed by atoms with Crippen LogP contribution in [0.2, 0.25) is 0 Å². The van der Waals surface area contributed by atoms with Crippen molar-refractivity contribution < 1.29 is 4.79 Å². The van der Waals surface area contributed by atoms with Crippen LogP contribution in [0.4, 0.5) is 0 Å². The third kappa shape index (κ3) is 3.37. The standard InChI is InChI=1S/C20H27N3O/c1-14(2)23-9-7-21-19(23)17-6-5-8-22(13-17)20(24)18-11-15(3)10-16(4)12-18/h7,9-12,14,17H,5-6,8,13H2,1-4H3/t17-/m1/s1. The lowest BCUT2D eigenvalue weighted by Gasteiger charge is -2.33. The van der Waals surface area contributed by atoms with Crippen molar-refractivity contribution in [2.75, 3.05) is 13.1 Å². The van der Waals surface area contributed by atoms with Crippen molar-refractivity contribution in [1.29, 1.82) is 0 Å². The zero-order valence-corrected chi connectivity index (χ0v) is 15.1. The largest absolute Gasteiger partial charge is 0.338 e. The second-order valence-electron chi connectivity index (χ2n) is 7.25. The van der Waals surface area contributed by atoms with Gasteiger partial charge in [-0.25, -0.2) is 4.98 Å². The zero-order valence-electron chi connectivity index (χ0n) is 15.1. The van der Waals surface area contributed by atoms with Crippen LogP contribution in [0.25, 0.3) is 0 Å². The SMILES string of the molecule is Cc1cc(C)cc(C(=O)N2CCC[C@@H](c3nccn3C(C)C)C2)c1. The molecule has 0 spiro atoms. The van der Waals surface area contributed by atoms with Gasteiger partial charge in [0.2, 0.25) is 0 Å². The molecule has 1 amide bonds. The van der Waals surface area contributed by atoms with Crippen molar-refractivity contribution in [3.05, 3.63) is 53.1 Å². The molecule has 2 heterocycles. The number of rotatable bonds is 3. The Balaban J connectivity index is 1.80. The van der Waals surface area contributed by atoms with Crippen LogP contribution >= 0.6 is 0 Å². The molecular weight excluding hydrogens is 298 g/mol. The molecule has 0 N–H and O–H groups in total. The first-order valence-electron chi connectivity index (χ1n) is 8.86. The number of nitrogens with zero attached hydrogens (tertiary/aromatic N) is 3. The summed E-state index contributed by atoms with van der Waals surface area (Å²) < 4.78 is 2.23. The monoisotopic (exact) mass is 325 g/mol. The van der Waals surface area contributed by atoms with E-state index >= 15 is 0 Å². The van der Waals surface area contributed by atoms with Crippen LogP contribution in [0.15, 0.2) is 30.6 Å². The van der Waals surface area contributed by atoms with Gasteiger partial charge in [-0.1, -0.05) is 17.2 Å². The van der Waals surface area contributed by atoms with Gasteiger partial charge in [0.1, 0.15) is 5.82 Å². The van der Waals surface area contributed by atoms with E-state index in [0.29, 0.717) is 12.0 Å². The molecule has 128 valence electrons. The third-order valence-corrected chi connectivity index (χ3v) is 4.80. The van der Waals surface area contributed by atoms with E-state index < -0.39 is 0 Å². The van der Waals surface area contributed by atoms with Crippen LogP contribution in [0, 0.1) is 13.8 Å². The summed E-state index contributed by atoms with van der Waals surface area (Å²) in [6.07, 6.45) is 6.05. The Morgan fingerprint density at radius 1 is 1.21 bits per heavy atom. The summed E-state index contributed by atoms with van der Waals surface area (Å²) in [5, 5.41) is 0. The van der Waals surface area contributed by atoms with E-state index in [2.05, 4.69) is 29.5 Å². The average molecular weight is 325 g/mol. The van der Waals surface area contributed by atoms with Crippen LogP contribution in [0.3, 0.4) is 0 Å². The van der Waals surface area contributed by atoms with Gasteiger partial charge in [-0.2, -0.15) is 0 Å². The lowest BCUT2D eigenvalue weighted by molar-refractivity contribution is 0.0703. The maximum absolute atomic E-state index is 12.9. The van der Waals surface area contributed by atoms with Crippen molar-refractivity contribution in [2.45, 2.75) is 52.5 Å². The second-order valence-corrected chi connectivity index (χ2v) is 7.25. The van der Waals surface area contributed by atoms with Crippen LogP contribution in [-0.2, 0) is 0 Å². The van der Waals surface area contributed by atoms with Gasteiger partial charge in [-0.3, -0.25) is 4.79 Å². The molecule has 0 bridgehead atoms. The summed E-state index contributed by atoms with van der Waals surface area (Å²) in [7, 11) is 0. The summed E-state index contributed by atoms with van der Waals surface area (Å²) in [4.78, 5) is 19.5. The van der Waals surface area contributed by atoms with Gasteiger partial charge in [0, 0.05) is 43.0 Å². The van der Waals surface area contributed by atoms with Gasteiger partial charge in [-0.05, 0) is 52.7 Å². The van der Waals surface area contributed by atoms with E-state index in [4.69, 9.17) is 0 Å². The Morgan fingerprint density at radius 3 is 2.58 bits per heavy atom. The van der Waals surface area contributed by atoms with Gasteiger partial charge < -0.3 is 9.47 Å². The number of likely N-dealkylation sites (tertiary alicyclic amines) is 1. The Labute approximate surface area is 144 Å². The predicted molar refractivity (Wildman–Crippen MR) is 96.4 cm³/mol. The smallest absolute Gasteiger partial charge is 0.253 e. The molecule has 1 aliphatic heterocycles. The Hall–Kier alpha value is -2.10. The second kappa shape index (κ2) is 6.80. The molecule has 4 nitrogen and oxygen atoms in total. The maximum atomic E-state index is 12.9. The third-order valence-electron chi connectivity index (χ3n) is 4.80. The van der Waals surface area contributed by atoms with Crippen LogP contribution in [0.1, 0.15) is 66.0 Å². The minimum absolute atomic E-state index is 0.147. The fourth-order valence-electron chi connectivity index (χ4n) is 3.73. The highest BCUT2D eigenvalue weighted by molar-refractivity contribution is 5.94. The Kier molecular flexibility index (Phi) is 4.74. The van der Waals surface area contributed by atoms with E-state index in [0.717, 1.165) is 48.4 Å². The van der Waals surface area contributed by atoms with Gasteiger partial charge in [0.05, 0.1) is 0 Å². The van der Waals surface area contributed by atoms with E-state index in [9.17, 15) is 4.79 Å². The quantitative estimate of drug-likeness (QED) is 0.852. The molecule has 1 aromatic carbocycles. The molecule has 1 fully saturated rings. The number of imidazole rings is 1. The number of piperidine rings is 1. The van der Waals surface area contributed by atoms with Gasteiger partial charge in [-0.15, -0.1) is 0 Å². The molecular formula is C20H27N3O.